The summed E-state index contributed by atoms with van der Waals surface area (Å²) in [7, 11) is 1.73. The van der Waals surface area contributed by atoms with Crippen molar-refractivity contribution in [1.82, 2.24) is 16.0 Å². The molecule has 1 aromatic rings. The summed E-state index contributed by atoms with van der Waals surface area (Å²) in [5, 5.41) is 9.31. The minimum absolute atomic E-state index is 0.0576. The molecule has 1 aromatic carbocycles. The van der Waals surface area contributed by atoms with Crippen LogP contribution in [0.5, 0.6) is 0 Å². The zero-order valence-electron chi connectivity index (χ0n) is 13.9. The van der Waals surface area contributed by atoms with Gasteiger partial charge < -0.3 is 20.7 Å². The largest absolute Gasteiger partial charge is 0.376 e. The number of rotatable bonds is 6. The predicted molar refractivity (Wildman–Crippen MR) is 91.9 cm³/mol. The molecule has 1 heterocycles. The van der Waals surface area contributed by atoms with Crippen LogP contribution in [0, 0.1) is 6.92 Å². The summed E-state index contributed by atoms with van der Waals surface area (Å²) < 4.78 is 5.56. The average Bonchev–Trinajstić information content (AvgIpc) is 3.07. The van der Waals surface area contributed by atoms with Crippen LogP contribution >= 0.6 is 0 Å². The van der Waals surface area contributed by atoms with Gasteiger partial charge >= 0.3 is 0 Å². The summed E-state index contributed by atoms with van der Waals surface area (Å²) in [4.78, 5) is 16.2. The molecule has 0 saturated carbocycles. The average molecular weight is 318 g/mol. The highest BCUT2D eigenvalue weighted by Crippen LogP contribution is 2.10. The number of aryl methyl sites for hydroxylation is 1. The van der Waals surface area contributed by atoms with E-state index in [2.05, 4.69) is 20.9 Å². The first-order valence-electron chi connectivity index (χ1n) is 8.10. The Morgan fingerprint density at radius 2 is 2.13 bits per heavy atom. The molecule has 0 radical (unpaired) electrons. The topological polar surface area (TPSA) is 74.8 Å². The third-order valence-electron chi connectivity index (χ3n) is 3.73. The number of nitrogens with one attached hydrogen (secondary N) is 3. The van der Waals surface area contributed by atoms with Crippen LogP contribution in [-0.2, 0) is 4.74 Å². The predicted octanol–water partition coefficient (Wildman–Crippen LogP) is 1.07. The van der Waals surface area contributed by atoms with E-state index in [1.165, 1.54) is 0 Å². The van der Waals surface area contributed by atoms with E-state index in [1.807, 2.05) is 31.2 Å². The molecule has 2 rings (SSSR count). The third kappa shape index (κ3) is 5.90. The zero-order valence-corrected chi connectivity index (χ0v) is 13.9. The first-order valence-corrected chi connectivity index (χ1v) is 8.10. The third-order valence-corrected chi connectivity index (χ3v) is 3.73. The van der Waals surface area contributed by atoms with Gasteiger partial charge in [0.2, 0.25) is 0 Å². The van der Waals surface area contributed by atoms with Crippen LogP contribution in [0.2, 0.25) is 0 Å². The maximum atomic E-state index is 12.0. The van der Waals surface area contributed by atoms with Crippen LogP contribution in [0.3, 0.4) is 0 Å². The molecule has 1 unspecified atom stereocenters. The van der Waals surface area contributed by atoms with E-state index in [9.17, 15) is 4.79 Å². The summed E-state index contributed by atoms with van der Waals surface area (Å²) in [5.41, 5.74) is 1.76. The molecule has 126 valence electrons. The van der Waals surface area contributed by atoms with Crippen molar-refractivity contribution in [2.75, 3.05) is 33.3 Å². The van der Waals surface area contributed by atoms with Gasteiger partial charge in [-0.1, -0.05) is 17.7 Å². The Morgan fingerprint density at radius 3 is 2.83 bits per heavy atom. The molecule has 1 atom stereocenters. The van der Waals surface area contributed by atoms with Crippen molar-refractivity contribution in [1.29, 1.82) is 0 Å². The number of carbonyl (C=O) groups is 1. The van der Waals surface area contributed by atoms with E-state index in [0.717, 1.165) is 37.5 Å². The second kappa shape index (κ2) is 9.15. The number of ether oxygens (including phenoxy) is 1. The molecule has 0 bridgehead atoms. The first kappa shape index (κ1) is 17.3. The smallest absolute Gasteiger partial charge is 0.251 e. The van der Waals surface area contributed by atoms with E-state index in [0.29, 0.717) is 18.7 Å². The lowest BCUT2D eigenvalue weighted by Crippen LogP contribution is -2.43. The minimum Gasteiger partial charge on any atom is -0.376 e. The van der Waals surface area contributed by atoms with E-state index >= 15 is 0 Å². The molecular weight excluding hydrogens is 292 g/mol. The highest BCUT2D eigenvalue weighted by molar-refractivity contribution is 5.94. The van der Waals surface area contributed by atoms with Gasteiger partial charge in [-0.25, -0.2) is 0 Å². The van der Waals surface area contributed by atoms with Crippen molar-refractivity contribution in [2.45, 2.75) is 25.9 Å². The van der Waals surface area contributed by atoms with E-state index in [1.54, 1.807) is 7.05 Å². The Balaban J connectivity index is 1.64. The van der Waals surface area contributed by atoms with Crippen molar-refractivity contribution in [3.05, 3.63) is 35.4 Å². The molecular formula is C17H26N4O2. The summed E-state index contributed by atoms with van der Waals surface area (Å²) in [6.07, 6.45) is 2.49. The molecule has 0 aromatic heterocycles. The number of hydrogen-bond donors (Lipinski definition) is 3. The number of nitrogens with zero attached hydrogens (tertiary/aromatic N) is 1. The maximum absolute atomic E-state index is 12.0. The highest BCUT2D eigenvalue weighted by atomic mass is 16.5. The fraction of sp³-hybridized carbons (Fsp3) is 0.529. The SMILES string of the molecule is CN=C(NCCNC(=O)c1cccc(C)c1)NCC1CCCO1. The van der Waals surface area contributed by atoms with Crippen LogP contribution in [0.1, 0.15) is 28.8 Å². The van der Waals surface area contributed by atoms with Crippen molar-refractivity contribution >= 4 is 11.9 Å². The van der Waals surface area contributed by atoms with Gasteiger partial charge in [-0.3, -0.25) is 9.79 Å². The molecule has 1 aliphatic heterocycles. The van der Waals surface area contributed by atoms with Gasteiger partial charge in [-0.2, -0.15) is 0 Å². The summed E-state index contributed by atoms with van der Waals surface area (Å²) in [6.45, 7) is 4.73. The molecule has 6 heteroatoms. The standard InChI is InChI=1S/C17H26N4O2/c1-13-5-3-6-14(11-13)16(22)19-8-9-20-17(18-2)21-12-15-7-4-10-23-15/h3,5-6,11,15H,4,7-10,12H2,1-2H3,(H,19,22)(H2,18,20,21). The van der Waals surface area contributed by atoms with Crippen LogP contribution in [0.4, 0.5) is 0 Å². The van der Waals surface area contributed by atoms with E-state index in [-0.39, 0.29) is 12.0 Å². The van der Waals surface area contributed by atoms with E-state index in [4.69, 9.17) is 4.74 Å². The Labute approximate surface area is 137 Å². The number of guanidine groups is 1. The van der Waals surface area contributed by atoms with Gasteiger partial charge in [0.05, 0.1) is 6.10 Å². The molecule has 6 nitrogen and oxygen atoms in total. The number of carbonyl (C=O) groups excluding carboxylic acids is 1. The zero-order chi connectivity index (χ0) is 16.5. The molecule has 1 saturated heterocycles. The van der Waals surface area contributed by atoms with E-state index < -0.39 is 0 Å². The molecule has 1 amide bonds. The first-order chi connectivity index (χ1) is 11.2. The Morgan fingerprint density at radius 1 is 1.30 bits per heavy atom. The Kier molecular flexibility index (Phi) is 6.87. The molecule has 0 aliphatic carbocycles. The van der Waals surface area contributed by atoms with Gasteiger partial charge in [0.15, 0.2) is 5.96 Å². The number of hydrogen-bond acceptors (Lipinski definition) is 3. The van der Waals surface area contributed by atoms with Crippen LogP contribution in [-0.4, -0.2) is 51.3 Å². The highest BCUT2D eigenvalue weighted by Gasteiger charge is 2.15. The van der Waals surface area contributed by atoms with Gasteiger partial charge in [-0.15, -0.1) is 0 Å². The van der Waals surface area contributed by atoms with Gasteiger partial charge in [-0.05, 0) is 31.9 Å². The van der Waals surface area contributed by atoms with Crippen molar-refractivity contribution in [3.8, 4) is 0 Å². The lowest BCUT2D eigenvalue weighted by molar-refractivity contribution is 0.0954. The normalized spacial score (nSPS) is 17.8. The molecule has 1 fully saturated rings. The fourth-order valence-corrected chi connectivity index (χ4v) is 2.48. The van der Waals surface area contributed by atoms with Crippen LogP contribution in [0.15, 0.2) is 29.3 Å². The summed E-state index contributed by atoms with van der Waals surface area (Å²) in [6, 6.07) is 7.56. The van der Waals surface area contributed by atoms with Crippen molar-refractivity contribution in [2.24, 2.45) is 4.99 Å². The lowest BCUT2D eigenvalue weighted by Gasteiger charge is -2.15. The minimum atomic E-state index is -0.0576. The molecule has 3 N–H and O–H groups in total. The quantitative estimate of drug-likeness (QED) is 0.417. The lowest BCUT2D eigenvalue weighted by atomic mass is 10.1. The molecule has 1 aliphatic rings. The summed E-state index contributed by atoms with van der Waals surface area (Å²) >= 11 is 0. The Hall–Kier alpha value is -2.08. The number of aliphatic imine (C=N–C) groups is 1. The summed E-state index contributed by atoms with van der Waals surface area (Å²) in [5.74, 6) is 0.670. The second-order valence-corrected chi connectivity index (χ2v) is 5.64. The Bertz CT molecular complexity index is 539. The number of amides is 1. The maximum Gasteiger partial charge on any atom is 0.251 e. The molecule has 0 spiro atoms. The monoisotopic (exact) mass is 318 g/mol. The molecule has 23 heavy (non-hydrogen) atoms. The van der Waals surface area contributed by atoms with Crippen molar-refractivity contribution in [3.63, 3.8) is 0 Å². The fourth-order valence-electron chi connectivity index (χ4n) is 2.48. The second-order valence-electron chi connectivity index (χ2n) is 5.64. The van der Waals surface area contributed by atoms with Gasteiger partial charge in [0.1, 0.15) is 0 Å². The van der Waals surface area contributed by atoms with Crippen molar-refractivity contribution < 1.29 is 9.53 Å². The van der Waals surface area contributed by atoms with Crippen LogP contribution < -0.4 is 16.0 Å². The van der Waals surface area contributed by atoms with Gasteiger partial charge in [0, 0.05) is 38.9 Å². The van der Waals surface area contributed by atoms with Crippen LogP contribution in [0.25, 0.3) is 0 Å². The van der Waals surface area contributed by atoms with Gasteiger partial charge in [0.25, 0.3) is 5.91 Å². The number of benzene rings is 1.